The molecule has 0 N–H and O–H groups in total. The van der Waals surface area contributed by atoms with Gasteiger partial charge in [-0.15, -0.1) is 12.4 Å². The highest BCUT2D eigenvalue weighted by Gasteiger charge is 2.11. The summed E-state index contributed by atoms with van der Waals surface area (Å²) in [6, 6.07) is 18.3. The van der Waals surface area contributed by atoms with Gasteiger partial charge in [0.25, 0.3) is 0 Å². The molecular formula is C20H24ClN3OS. The van der Waals surface area contributed by atoms with Gasteiger partial charge in [0.15, 0.2) is 5.82 Å². The molecule has 0 aliphatic heterocycles. The lowest BCUT2D eigenvalue weighted by atomic mass is 10.2. The summed E-state index contributed by atoms with van der Waals surface area (Å²) in [6.07, 6.45) is 3.52. The predicted molar refractivity (Wildman–Crippen MR) is 111 cm³/mol. The second kappa shape index (κ2) is 10.1. The van der Waals surface area contributed by atoms with Crippen molar-refractivity contribution in [3.63, 3.8) is 0 Å². The predicted octanol–water partition coefficient (Wildman–Crippen LogP) is 5.12. The van der Waals surface area contributed by atoms with Crippen LogP contribution in [0.3, 0.4) is 0 Å². The molecule has 0 fully saturated rings. The molecule has 1 heterocycles. The van der Waals surface area contributed by atoms with Gasteiger partial charge < -0.3 is 4.74 Å². The van der Waals surface area contributed by atoms with Crippen LogP contribution < -0.4 is 9.54 Å². The number of methoxy groups -OCH3 is 1. The minimum absolute atomic E-state index is 0. The number of rotatable bonds is 7. The van der Waals surface area contributed by atoms with Crippen molar-refractivity contribution in [2.75, 3.05) is 13.7 Å². The number of aromatic nitrogens is 2. The maximum atomic E-state index is 5.26. The highest BCUT2D eigenvalue weighted by atomic mass is 35.5. The molecule has 138 valence electrons. The number of hydrogen-bond acceptors (Lipinski definition) is 4. The molecule has 3 rings (SSSR count). The lowest BCUT2D eigenvalue weighted by Gasteiger charge is -2.06. The van der Waals surface area contributed by atoms with Crippen molar-refractivity contribution in [3.05, 3.63) is 59.4 Å². The number of nitrogens with zero attached hydrogens (tertiary/aromatic N) is 3. The molecule has 0 spiro atoms. The molecule has 0 saturated carbocycles. The van der Waals surface area contributed by atoms with Gasteiger partial charge in [-0.05, 0) is 54.4 Å². The summed E-state index contributed by atoms with van der Waals surface area (Å²) >= 11 is 1.58. The van der Waals surface area contributed by atoms with Gasteiger partial charge in [-0.1, -0.05) is 38.0 Å². The van der Waals surface area contributed by atoms with E-state index in [1.54, 1.807) is 18.6 Å². The average molecular weight is 390 g/mol. The van der Waals surface area contributed by atoms with Crippen LogP contribution in [-0.4, -0.2) is 22.6 Å². The fourth-order valence-electron chi connectivity index (χ4n) is 2.54. The summed E-state index contributed by atoms with van der Waals surface area (Å²) in [5, 5.41) is 0. The van der Waals surface area contributed by atoms with Crippen molar-refractivity contribution >= 4 is 23.9 Å². The van der Waals surface area contributed by atoms with Gasteiger partial charge in [0.05, 0.1) is 12.8 Å². The van der Waals surface area contributed by atoms with E-state index in [1.165, 1.54) is 12.8 Å². The Morgan fingerprint density at radius 2 is 1.77 bits per heavy atom. The Hall–Kier alpha value is -2.11. The fraction of sp³-hybridized carbons (Fsp3) is 0.300. The van der Waals surface area contributed by atoms with Crippen LogP contribution in [0.15, 0.2) is 59.6 Å². The number of hydrogen-bond donors (Lipinski definition) is 0. The Morgan fingerprint density at radius 3 is 2.42 bits per heavy atom. The summed E-state index contributed by atoms with van der Waals surface area (Å²) in [5.74, 6) is 1.75. The molecule has 26 heavy (non-hydrogen) atoms. The third-order valence-electron chi connectivity index (χ3n) is 3.91. The molecule has 4 nitrogen and oxygen atoms in total. The lowest BCUT2D eigenvalue weighted by molar-refractivity contribution is 0.415. The third kappa shape index (κ3) is 4.96. The van der Waals surface area contributed by atoms with Gasteiger partial charge in [-0.25, -0.2) is 3.96 Å². The van der Waals surface area contributed by atoms with E-state index in [1.807, 2.05) is 42.5 Å². The SMILES string of the molecule is CCCCCN=c1nc(-c2ccc(OC)cc2)n(-c2ccccc2)s1.Cl. The van der Waals surface area contributed by atoms with Crippen molar-refractivity contribution in [1.82, 2.24) is 8.94 Å². The Bertz CT molecular complexity index is 857. The molecule has 2 aromatic carbocycles. The molecular weight excluding hydrogens is 366 g/mol. The Kier molecular flexibility index (Phi) is 7.88. The van der Waals surface area contributed by atoms with E-state index >= 15 is 0 Å². The second-order valence-corrected chi connectivity index (χ2v) is 6.67. The van der Waals surface area contributed by atoms with Crippen LogP contribution in [-0.2, 0) is 0 Å². The Balaban J connectivity index is 0.00000243. The first-order valence-corrected chi connectivity index (χ1v) is 9.40. The number of unbranched alkanes of at least 4 members (excludes halogenated alkanes) is 2. The van der Waals surface area contributed by atoms with E-state index in [-0.39, 0.29) is 12.4 Å². The van der Waals surface area contributed by atoms with Gasteiger partial charge in [0.2, 0.25) is 4.80 Å². The average Bonchev–Trinajstić information content (AvgIpc) is 3.10. The number of ether oxygens (including phenoxy) is 1. The quantitative estimate of drug-likeness (QED) is 0.526. The van der Waals surface area contributed by atoms with Gasteiger partial charge in [0.1, 0.15) is 5.75 Å². The van der Waals surface area contributed by atoms with Gasteiger partial charge in [0, 0.05) is 12.1 Å². The summed E-state index contributed by atoms with van der Waals surface area (Å²) in [6.45, 7) is 3.03. The van der Waals surface area contributed by atoms with Crippen LogP contribution in [0, 0.1) is 0 Å². The van der Waals surface area contributed by atoms with E-state index in [0.717, 1.165) is 40.6 Å². The van der Waals surface area contributed by atoms with Crippen LogP contribution in [0.2, 0.25) is 0 Å². The zero-order chi connectivity index (χ0) is 17.5. The summed E-state index contributed by atoms with van der Waals surface area (Å²) in [7, 11) is 1.68. The topological polar surface area (TPSA) is 39.4 Å². The first kappa shape index (κ1) is 20.2. The summed E-state index contributed by atoms with van der Waals surface area (Å²) in [5.41, 5.74) is 2.15. The molecule has 6 heteroatoms. The number of halogens is 1. The highest BCUT2D eigenvalue weighted by molar-refractivity contribution is 7.04. The van der Waals surface area contributed by atoms with Crippen LogP contribution in [0.1, 0.15) is 26.2 Å². The van der Waals surface area contributed by atoms with Crippen molar-refractivity contribution in [3.8, 4) is 22.8 Å². The minimum atomic E-state index is 0. The number of para-hydroxylation sites is 1. The highest BCUT2D eigenvalue weighted by Crippen LogP contribution is 2.24. The van der Waals surface area contributed by atoms with Gasteiger partial charge in [-0.2, -0.15) is 4.98 Å². The van der Waals surface area contributed by atoms with E-state index in [2.05, 4.69) is 28.0 Å². The molecule has 0 amide bonds. The van der Waals surface area contributed by atoms with E-state index in [9.17, 15) is 0 Å². The van der Waals surface area contributed by atoms with Crippen molar-refractivity contribution in [2.24, 2.45) is 4.99 Å². The van der Waals surface area contributed by atoms with Gasteiger partial charge in [-0.3, -0.25) is 4.99 Å². The second-order valence-electron chi connectivity index (χ2n) is 5.76. The summed E-state index contributed by atoms with van der Waals surface area (Å²) in [4.78, 5) is 10.3. The molecule has 0 atom stereocenters. The molecule has 0 bridgehead atoms. The maximum absolute atomic E-state index is 5.26. The largest absolute Gasteiger partial charge is 0.497 e. The molecule has 0 unspecified atom stereocenters. The van der Waals surface area contributed by atoms with E-state index < -0.39 is 0 Å². The van der Waals surface area contributed by atoms with Gasteiger partial charge >= 0.3 is 0 Å². The first-order valence-electron chi connectivity index (χ1n) is 8.62. The monoisotopic (exact) mass is 389 g/mol. The van der Waals surface area contributed by atoms with Crippen LogP contribution >= 0.6 is 23.9 Å². The third-order valence-corrected chi connectivity index (χ3v) is 4.86. The van der Waals surface area contributed by atoms with E-state index in [4.69, 9.17) is 9.72 Å². The van der Waals surface area contributed by atoms with E-state index in [0.29, 0.717) is 0 Å². The lowest BCUT2D eigenvalue weighted by Crippen LogP contribution is -2.00. The van der Waals surface area contributed by atoms with Crippen LogP contribution in [0.4, 0.5) is 0 Å². The minimum Gasteiger partial charge on any atom is -0.497 e. The molecule has 0 aliphatic carbocycles. The van der Waals surface area contributed by atoms with Crippen molar-refractivity contribution in [2.45, 2.75) is 26.2 Å². The van der Waals surface area contributed by atoms with Crippen LogP contribution in [0.5, 0.6) is 5.75 Å². The van der Waals surface area contributed by atoms with Crippen molar-refractivity contribution in [1.29, 1.82) is 0 Å². The zero-order valence-electron chi connectivity index (χ0n) is 15.1. The fourth-order valence-corrected chi connectivity index (χ4v) is 3.44. The molecule has 3 aromatic rings. The number of benzene rings is 2. The van der Waals surface area contributed by atoms with Crippen LogP contribution in [0.25, 0.3) is 17.1 Å². The Labute approximate surface area is 164 Å². The first-order chi connectivity index (χ1) is 12.3. The van der Waals surface area contributed by atoms with Crippen molar-refractivity contribution < 1.29 is 4.74 Å². The molecule has 1 aromatic heterocycles. The maximum Gasteiger partial charge on any atom is 0.223 e. The molecule has 0 radical (unpaired) electrons. The normalized spacial score (nSPS) is 11.2. The smallest absolute Gasteiger partial charge is 0.223 e. The zero-order valence-corrected chi connectivity index (χ0v) is 16.7. The summed E-state index contributed by atoms with van der Waals surface area (Å²) < 4.78 is 7.40. The Morgan fingerprint density at radius 1 is 1.04 bits per heavy atom. The standard InChI is InChI=1S/C20H23N3OS.ClH/c1-3-4-8-15-21-20-22-19(16-11-13-18(24-2)14-12-16)23(25-20)17-9-6-5-7-10-17;/h5-7,9-14H,3-4,8,15H2,1-2H3;1H. The molecule has 0 aliphatic rings. The molecule has 0 saturated heterocycles.